The van der Waals surface area contributed by atoms with E-state index in [1.165, 1.54) is 6.20 Å². The summed E-state index contributed by atoms with van der Waals surface area (Å²) in [4.78, 5) is 10.7. The van der Waals surface area contributed by atoms with E-state index in [1.54, 1.807) is 10.6 Å². The van der Waals surface area contributed by atoms with Gasteiger partial charge in [0.25, 0.3) is 0 Å². The third-order valence-electron chi connectivity index (χ3n) is 1.73. The average Bonchev–Trinajstić information content (AvgIpc) is 2.48. The quantitative estimate of drug-likeness (QED) is 0.641. The molecule has 0 amide bonds. The number of aromatic nitrogens is 2. The van der Waals surface area contributed by atoms with Gasteiger partial charge in [-0.2, -0.15) is 5.10 Å². The minimum absolute atomic E-state index is 0.235. The second-order valence-corrected chi connectivity index (χ2v) is 3.61. The molecule has 1 N–H and O–H groups in total. The van der Waals surface area contributed by atoms with Crippen molar-refractivity contribution >= 4 is 34.1 Å². The fraction of sp³-hybridized carbons (Fsp3) is 0. The number of carbonyl (C=O) groups is 1. The van der Waals surface area contributed by atoms with Crippen LogP contribution in [0.2, 0.25) is 0 Å². The van der Waals surface area contributed by atoms with Crippen LogP contribution >= 0.6 is 22.6 Å². The van der Waals surface area contributed by atoms with Crippen LogP contribution in [0.15, 0.2) is 24.4 Å². The van der Waals surface area contributed by atoms with Crippen molar-refractivity contribution in [2.24, 2.45) is 0 Å². The molecule has 0 aliphatic rings. The summed E-state index contributed by atoms with van der Waals surface area (Å²) in [6, 6.07) is 5.41. The van der Waals surface area contributed by atoms with Crippen molar-refractivity contribution < 1.29 is 9.90 Å². The largest absolute Gasteiger partial charge is 0.478 e. The molecular formula is C8H5IN2O2. The number of carboxylic acids is 1. The maximum Gasteiger partial charge on any atom is 0.339 e. The van der Waals surface area contributed by atoms with Crippen LogP contribution in [0, 0.1) is 3.70 Å². The van der Waals surface area contributed by atoms with Crippen molar-refractivity contribution in [3.63, 3.8) is 0 Å². The lowest BCUT2D eigenvalue weighted by molar-refractivity contribution is 0.0699. The van der Waals surface area contributed by atoms with Crippen molar-refractivity contribution in [2.45, 2.75) is 0 Å². The van der Waals surface area contributed by atoms with Crippen molar-refractivity contribution in [1.29, 1.82) is 0 Å². The number of rotatable bonds is 1. The van der Waals surface area contributed by atoms with Crippen LogP contribution in [0.3, 0.4) is 0 Å². The molecule has 4 nitrogen and oxygen atoms in total. The highest BCUT2D eigenvalue weighted by Gasteiger charge is 2.11. The number of pyridine rings is 1. The van der Waals surface area contributed by atoms with Crippen molar-refractivity contribution in [1.82, 2.24) is 9.61 Å². The average molecular weight is 288 g/mol. The topological polar surface area (TPSA) is 54.6 Å². The van der Waals surface area contributed by atoms with E-state index in [2.05, 4.69) is 27.7 Å². The first kappa shape index (κ1) is 8.49. The molecule has 0 aromatic carbocycles. The summed E-state index contributed by atoms with van der Waals surface area (Å²) < 4.78 is 2.49. The number of halogens is 1. The Balaban J connectivity index is 2.83. The highest BCUT2D eigenvalue weighted by atomic mass is 127. The molecule has 2 aromatic rings. The standard InChI is InChI=1S/C8H5IN2O2/c9-7-3-1-2-6-5(8(12)13)4-10-11(6)7/h1-4H,(H,12,13). The number of hydrogen-bond donors (Lipinski definition) is 1. The molecule has 0 radical (unpaired) electrons. The Labute approximate surface area is 87.3 Å². The minimum atomic E-state index is -0.947. The first-order chi connectivity index (χ1) is 6.20. The molecule has 5 heteroatoms. The summed E-state index contributed by atoms with van der Waals surface area (Å²) in [6.45, 7) is 0. The first-order valence-corrected chi connectivity index (χ1v) is 4.63. The van der Waals surface area contributed by atoms with Gasteiger partial charge in [0.1, 0.15) is 9.26 Å². The van der Waals surface area contributed by atoms with Crippen LogP contribution in [-0.4, -0.2) is 20.7 Å². The van der Waals surface area contributed by atoms with Crippen LogP contribution in [0.1, 0.15) is 10.4 Å². The fourth-order valence-electron chi connectivity index (χ4n) is 1.14. The number of fused-ring (bicyclic) bond motifs is 1. The zero-order chi connectivity index (χ0) is 9.42. The van der Waals surface area contributed by atoms with E-state index in [0.29, 0.717) is 5.52 Å². The molecule has 0 aliphatic heterocycles. The van der Waals surface area contributed by atoms with Crippen LogP contribution in [0.5, 0.6) is 0 Å². The molecule has 0 bridgehead atoms. The normalized spacial score (nSPS) is 10.5. The number of hydrogen-bond acceptors (Lipinski definition) is 2. The summed E-state index contributed by atoms with van der Waals surface area (Å²) in [7, 11) is 0. The van der Waals surface area contributed by atoms with Crippen LogP contribution in [0.25, 0.3) is 5.52 Å². The Hall–Kier alpha value is -1.11. The molecule has 2 heterocycles. The SMILES string of the molecule is O=C(O)c1cnn2c(I)cccc12. The van der Waals surface area contributed by atoms with Crippen molar-refractivity contribution in [3.05, 3.63) is 33.7 Å². The zero-order valence-electron chi connectivity index (χ0n) is 6.44. The molecule has 66 valence electrons. The van der Waals surface area contributed by atoms with E-state index >= 15 is 0 Å². The highest BCUT2D eigenvalue weighted by molar-refractivity contribution is 14.1. The third-order valence-corrected chi connectivity index (χ3v) is 2.54. The maximum absolute atomic E-state index is 10.7. The molecule has 0 saturated heterocycles. The molecule has 2 rings (SSSR count). The van der Waals surface area contributed by atoms with Crippen LogP contribution < -0.4 is 0 Å². The molecule has 0 unspecified atom stereocenters. The predicted octanol–water partition coefficient (Wildman–Crippen LogP) is 1.64. The van der Waals surface area contributed by atoms with Gasteiger partial charge >= 0.3 is 5.97 Å². The highest BCUT2D eigenvalue weighted by Crippen LogP contribution is 2.13. The second-order valence-electron chi connectivity index (χ2n) is 2.51. The Morgan fingerprint density at radius 1 is 1.54 bits per heavy atom. The number of aromatic carboxylic acids is 1. The van der Waals surface area contributed by atoms with Gasteiger partial charge in [0.05, 0.1) is 11.7 Å². The molecule has 13 heavy (non-hydrogen) atoms. The number of nitrogens with zero attached hydrogens (tertiary/aromatic N) is 2. The summed E-state index contributed by atoms with van der Waals surface area (Å²) in [5, 5.41) is 12.8. The Bertz CT molecular complexity index is 478. The zero-order valence-corrected chi connectivity index (χ0v) is 8.59. The second kappa shape index (κ2) is 2.99. The minimum Gasteiger partial charge on any atom is -0.478 e. The van der Waals surface area contributed by atoms with E-state index in [0.717, 1.165) is 3.70 Å². The lowest BCUT2D eigenvalue weighted by Gasteiger charge is -1.95. The summed E-state index contributed by atoms with van der Waals surface area (Å²) in [5.74, 6) is -0.947. The van der Waals surface area contributed by atoms with Gasteiger partial charge in [-0.15, -0.1) is 0 Å². The van der Waals surface area contributed by atoms with Crippen molar-refractivity contribution in [2.75, 3.05) is 0 Å². The van der Waals surface area contributed by atoms with Gasteiger partial charge in [-0.1, -0.05) is 6.07 Å². The molecule has 0 saturated carbocycles. The predicted molar refractivity (Wildman–Crippen MR) is 54.9 cm³/mol. The summed E-state index contributed by atoms with van der Waals surface area (Å²) in [6.07, 6.45) is 1.36. The van der Waals surface area contributed by atoms with E-state index in [-0.39, 0.29) is 5.56 Å². The first-order valence-electron chi connectivity index (χ1n) is 3.55. The molecule has 0 fully saturated rings. The Morgan fingerprint density at radius 3 is 3.00 bits per heavy atom. The summed E-state index contributed by atoms with van der Waals surface area (Å²) in [5.41, 5.74) is 0.859. The third kappa shape index (κ3) is 1.28. The summed E-state index contributed by atoms with van der Waals surface area (Å²) >= 11 is 2.10. The van der Waals surface area contributed by atoms with Crippen LogP contribution in [-0.2, 0) is 0 Å². The lowest BCUT2D eigenvalue weighted by atomic mass is 10.3. The van der Waals surface area contributed by atoms with Gasteiger partial charge in [0.15, 0.2) is 0 Å². The van der Waals surface area contributed by atoms with Crippen molar-refractivity contribution in [3.8, 4) is 0 Å². The smallest absolute Gasteiger partial charge is 0.339 e. The van der Waals surface area contributed by atoms with Gasteiger partial charge in [-0.05, 0) is 34.7 Å². The molecule has 0 atom stereocenters. The molecule has 0 aliphatic carbocycles. The number of carboxylic acid groups (broad SMARTS) is 1. The van der Waals surface area contributed by atoms with Gasteiger partial charge in [0.2, 0.25) is 0 Å². The van der Waals surface area contributed by atoms with Gasteiger partial charge in [0, 0.05) is 0 Å². The van der Waals surface area contributed by atoms with E-state index < -0.39 is 5.97 Å². The van der Waals surface area contributed by atoms with Crippen LogP contribution in [0.4, 0.5) is 0 Å². The maximum atomic E-state index is 10.7. The van der Waals surface area contributed by atoms with E-state index in [4.69, 9.17) is 5.11 Å². The molecule has 0 spiro atoms. The van der Waals surface area contributed by atoms with Gasteiger partial charge in [-0.3, -0.25) is 0 Å². The molecular weight excluding hydrogens is 283 g/mol. The molecule has 2 aromatic heterocycles. The monoisotopic (exact) mass is 288 g/mol. The fourth-order valence-corrected chi connectivity index (χ4v) is 1.73. The Kier molecular flexibility index (Phi) is 1.95. The van der Waals surface area contributed by atoms with Gasteiger partial charge < -0.3 is 5.11 Å². The lowest BCUT2D eigenvalue weighted by Crippen LogP contribution is -1.96. The Morgan fingerprint density at radius 2 is 2.31 bits per heavy atom. The van der Waals surface area contributed by atoms with E-state index in [1.807, 2.05) is 12.1 Å². The van der Waals surface area contributed by atoms with E-state index in [9.17, 15) is 4.79 Å². The van der Waals surface area contributed by atoms with Gasteiger partial charge in [-0.25, -0.2) is 9.31 Å².